The Labute approximate surface area is 150 Å². The Balaban J connectivity index is 1.94. The summed E-state index contributed by atoms with van der Waals surface area (Å²) in [5, 5.41) is 10.4. The zero-order valence-corrected chi connectivity index (χ0v) is 16.0. The lowest BCUT2D eigenvalue weighted by Gasteiger charge is -2.23. The average Bonchev–Trinajstić information content (AvgIpc) is 3.11. The maximum atomic E-state index is 9.20. The number of nitrogens with zero attached hydrogens (tertiary/aromatic N) is 3. The highest BCUT2D eigenvalue weighted by atomic mass is 32.2. The number of thioether (sulfide) groups is 1. The van der Waals surface area contributed by atoms with Crippen LogP contribution in [0.25, 0.3) is 0 Å². The van der Waals surface area contributed by atoms with Gasteiger partial charge in [0, 0.05) is 17.8 Å². The monoisotopic (exact) mass is 341 g/mol. The fraction of sp³-hybridized carbons (Fsp3) is 0.600. The molecule has 24 heavy (non-hydrogen) atoms. The molecule has 0 bridgehead atoms. The SMILES string of the molecule is Cc1c(C#N)ccc(N=C2SC3(CCCC3)CN2CC(C)C)c1C. The molecule has 128 valence electrons. The summed E-state index contributed by atoms with van der Waals surface area (Å²) in [5.74, 6) is 0.635. The van der Waals surface area contributed by atoms with Gasteiger partial charge in [-0.25, -0.2) is 4.99 Å². The second-order valence-electron chi connectivity index (χ2n) is 7.65. The van der Waals surface area contributed by atoms with Gasteiger partial charge >= 0.3 is 0 Å². The van der Waals surface area contributed by atoms with Crippen molar-refractivity contribution in [2.45, 2.75) is 58.1 Å². The molecule has 2 aliphatic rings. The third-order valence-corrected chi connectivity index (χ3v) is 6.76. The van der Waals surface area contributed by atoms with Gasteiger partial charge in [0.2, 0.25) is 0 Å². The molecule has 0 amide bonds. The summed E-state index contributed by atoms with van der Waals surface area (Å²) in [6.07, 6.45) is 5.34. The van der Waals surface area contributed by atoms with E-state index in [4.69, 9.17) is 4.99 Å². The van der Waals surface area contributed by atoms with E-state index in [0.29, 0.717) is 10.7 Å². The van der Waals surface area contributed by atoms with Gasteiger partial charge < -0.3 is 4.90 Å². The molecule has 0 radical (unpaired) electrons. The molecule has 0 atom stereocenters. The lowest BCUT2D eigenvalue weighted by atomic mass is 10.0. The predicted molar refractivity (Wildman–Crippen MR) is 103 cm³/mol. The maximum absolute atomic E-state index is 9.20. The normalized spacial score (nSPS) is 21.2. The van der Waals surface area contributed by atoms with E-state index >= 15 is 0 Å². The molecule has 1 saturated heterocycles. The Morgan fingerprint density at radius 2 is 1.96 bits per heavy atom. The van der Waals surface area contributed by atoms with Crippen molar-refractivity contribution in [2.24, 2.45) is 10.9 Å². The Kier molecular flexibility index (Phi) is 4.92. The molecule has 2 fully saturated rings. The standard InChI is InChI=1S/C20H27N3S/c1-14(2)12-23-13-20(9-5-6-10-20)24-19(23)22-18-8-7-17(11-21)15(3)16(18)4/h7-8,14H,5-6,9-10,12-13H2,1-4H3. The van der Waals surface area contributed by atoms with E-state index in [2.05, 4.69) is 31.7 Å². The van der Waals surface area contributed by atoms with Crippen molar-refractivity contribution in [1.82, 2.24) is 4.90 Å². The van der Waals surface area contributed by atoms with Crippen molar-refractivity contribution in [3.8, 4) is 6.07 Å². The quantitative estimate of drug-likeness (QED) is 0.760. The van der Waals surface area contributed by atoms with Crippen LogP contribution in [-0.4, -0.2) is 27.9 Å². The molecule has 1 aromatic rings. The lowest BCUT2D eigenvalue weighted by molar-refractivity contribution is 0.346. The molecule has 0 unspecified atom stereocenters. The van der Waals surface area contributed by atoms with E-state index in [1.807, 2.05) is 30.8 Å². The number of hydrogen-bond acceptors (Lipinski definition) is 3. The van der Waals surface area contributed by atoms with Gasteiger partial charge in [-0.1, -0.05) is 38.5 Å². The van der Waals surface area contributed by atoms with Gasteiger partial charge in [0.1, 0.15) is 0 Å². The number of benzene rings is 1. The van der Waals surface area contributed by atoms with Crippen LogP contribution in [0.2, 0.25) is 0 Å². The lowest BCUT2D eigenvalue weighted by Crippen LogP contribution is -2.33. The van der Waals surface area contributed by atoms with Crippen molar-refractivity contribution < 1.29 is 0 Å². The minimum atomic E-state index is 0.392. The van der Waals surface area contributed by atoms with Crippen molar-refractivity contribution in [3.05, 3.63) is 28.8 Å². The topological polar surface area (TPSA) is 39.4 Å². The zero-order valence-electron chi connectivity index (χ0n) is 15.2. The Hall–Kier alpha value is -1.47. The number of aliphatic imine (C=N–C) groups is 1. The van der Waals surface area contributed by atoms with Gasteiger partial charge in [0.15, 0.2) is 5.17 Å². The van der Waals surface area contributed by atoms with Gasteiger partial charge in [-0.15, -0.1) is 0 Å². The van der Waals surface area contributed by atoms with Crippen LogP contribution in [0.5, 0.6) is 0 Å². The zero-order chi connectivity index (χ0) is 17.3. The van der Waals surface area contributed by atoms with E-state index in [0.717, 1.165) is 35.5 Å². The van der Waals surface area contributed by atoms with Gasteiger partial charge in [-0.3, -0.25) is 0 Å². The average molecular weight is 342 g/mol. The van der Waals surface area contributed by atoms with E-state index < -0.39 is 0 Å². The van der Waals surface area contributed by atoms with E-state index in [9.17, 15) is 5.26 Å². The molecular formula is C20H27N3S. The Morgan fingerprint density at radius 1 is 1.25 bits per heavy atom. The smallest absolute Gasteiger partial charge is 0.165 e. The highest BCUT2D eigenvalue weighted by Gasteiger charge is 2.44. The van der Waals surface area contributed by atoms with Crippen LogP contribution in [0.1, 0.15) is 56.2 Å². The van der Waals surface area contributed by atoms with E-state index in [1.165, 1.54) is 30.9 Å². The van der Waals surface area contributed by atoms with Gasteiger partial charge in [-0.05, 0) is 55.9 Å². The molecule has 0 aromatic heterocycles. The number of nitriles is 1. The van der Waals surface area contributed by atoms with Gasteiger partial charge in [0.25, 0.3) is 0 Å². The van der Waals surface area contributed by atoms with Crippen LogP contribution < -0.4 is 0 Å². The van der Waals surface area contributed by atoms with Crippen molar-refractivity contribution in [1.29, 1.82) is 5.26 Å². The minimum absolute atomic E-state index is 0.392. The molecule has 1 aromatic carbocycles. The highest BCUT2D eigenvalue weighted by Crippen LogP contribution is 2.48. The summed E-state index contributed by atoms with van der Waals surface area (Å²) in [6.45, 7) is 10.9. The van der Waals surface area contributed by atoms with Crippen LogP contribution in [-0.2, 0) is 0 Å². The fourth-order valence-corrected chi connectivity index (χ4v) is 5.33. The number of rotatable bonds is 3. The molecule has 1 aliphatic carbocycles. The predicted octanol–water partition coefficient (Wildman–Crippen LogP) is 5.18. The summed E-state index contributed by atoms with van der Waals surface area (Å²) in [4.78, 5) is 7.54. The van der Waals surface area contributed by atoms with Crippen LogP contribution >= 0.6 is 11.8 Å². The Bertz CT molecular complexity index is 694. The second-order valence-corrected chi connectivity index (χ2v) is 9.09. The minimum Gasteiger partial charge on any atom is -0.350 e. The van der Waals surface area contributed by atoms with Crippen molar-refractivity contribution >= 4 is 22.6 Å². The molecular weight excluding hydrogens is 314 g/mol. The van der Waals surface area contributed by atoms with Gasteiger partial charge in [0.05, 0.1) is 17.3 Å². The third kappa shape index (κ3) is 3.32. The van der Waals surface area contributed by atoms with Crippen LogP contribution in [0.15, 0.2) is 17.1 Å². The summed E-state index contributed by atoms with van der Waals surface area (Å²) < 4.78 is 0.392. The molecule has 3 rings (SSSR count). The van der Waals surface area contributed by atoms with Crippen molar-refractivity contribution in [2.75, 3.05) is 13.1 Å². The van der Waals surface area contributed by atoms with Crippen molar-refractivity contribution in [3.63, 3.8) is 0 Å². The highest BCUT2D eigenvalue weighted by molar-refractivity contribution is 8.15. The molecule has 1 spiro atoms. The molecule has 0 N–H and O–H groups in total. The second kappa shape index (κ2) is 6.80. The number of hydrogen-bond donors (Lipinski definition) is 0. The van der Waals surface area contributed by atoms with E-state index in [1.54, 1.807) is 0 Å². The molecule has 4 heteroatoms. The van der Waals surface area contributed by atoms with Crippen LogP contribution in [0.4, 0.5) is 5.69 Å². The van der Waals surface area contributed by atoms with Crippen LogP contribution in [0, 0.1) is 31.1 Å². The van der Waals surface area contributed by atoms with Gasteiger partial charge in [-0.2, -0.15) is 5.26 Å². The first-order valence-electron chi connectivity index (χ1n) is 8.97. The third-order valence-electron chi connectivity index (χ3n) is 5.25. The first-order valence-corrected chi connectivity index (χ1v) is 9.79. The molecule has 1 heterocycles. The summed E-state index contributed by atoms with van der Waals surface area (Å²) in [7, 11) is 0. The largest absolute Gasteiger partial charge is 0.350 e. The molecule has 1 aliphatic heterocycles. The fourth-order valence-electron chi connectivity index (χ4n) is 3.81. The molecule has 1 saturated carbocycles. The summed E-state index contributed by atoms with van der Waals surface area (Å²) in [6, 6.07) is 6.17. The molecule has 3 nitrogen and oxygen atoms in total. The Morgan fingerprint density at radius 3 is 2.58 bits per heavy atom. The first-order chi connectivity index (χ1) is 11.4. The number of amidine groups is 1. The summed E-state index contributed by atoms with van der Waals surface area (Å²) >= 11 is 2.00. The first kappa shape index (κ1) is 17.4. The van der Waals surface area contributed by atoms with E-state index in [-0.39, 0.29) is 0 Å². The van der Waals surface area contributed by atoms with Crippen LogP contribution in [0.3, 0.4) is 0 Å². The maximum Gasteiger partial charge on any atom is 0.165 e. The summed E-state index contributed by atoms with van der Waals surface area (Å²) in [5.41, 5.74) is 3.94.